The molecule has 1 aromatic rings. The van der Waals surface area contributed by atoms with Crippen LogP contribution in [0.2, 0.25) is 0 Å². The molecule has 0 atom stereocenters. The molecule has 0 unspecified atom stereocenters. The second kappa shape index (κ2) is 7.32. The van der Waals surface area contributed by atoms with Crippen molar-refractivity contribution in [2.45, 2.75) is 51.4 Å². The van der Waals surface area contributed by atoms with Crippen LogP contribution in [0.5, 0.6) is 5.75 Å². The van der Waals surface area contributed by atoms with Crippen LogP contribution in [0.3, 0.4) is 0 Å². The molecule has 0 spiro atoms. The molecule has 20 heavy (non-hydrogen) atoms. The van der Waals surface area contributed by atoms with Crippen LogP contribution in [0.25, 0.3) is 0 Å². The summed E-state index contributed by atoms with van der Waals surface area (Å²) in [5.41, 5.74) is 1.33. The summed E-state index contributed by atoms with van der Waals surface area (Å²) in [6, 6.07) is 7.59. The van der Waals surface area contributed by atoms with E-state index in [0.29, 0.717) is 30.6 Å². The maximum Gasteiger partial charge on any atom is 0.305 e. The molecule has 0 heterocycles. The lowest BCUT2D eigenvalue weighted by atomic mass is 9.77. The Bertz CT molecular complexity index is 416. The molecule has 0 bridgehead atoms. The Morgan fingerprint density at radius 1 is 1.20 bits per heavy atom. The smallest absolute Gasteiger partial charge is 0.305 e. The van der Waals surface area contributed by atoms with Crippen molar-refractivity contribution in [2.24, 2.45) is 5.92 Å². The molecule has 0 saturated heterocycles. The summed E-state index contributed by atoms with van der Waals surface area (Å²) in [7, 11) is 0. The molecule has 1 saturated carbocycles. The molecular weight excluding hydrogens is 252 g/mol. The van der Waals surface area contributed by atoms with Gasteiger partial charge in [-0.3, -0.25) is 4.79 Å². The quantitative estimate of drug-likeness (QED) is 0.826. The van der Waals surface area contributed by atoms with Gasteiger partial charge in [-0.2, -0.15) is 0 Å². The summed E-state index contributed by atoms with van der Waals surface area (Å²) in [5, 5.41) is 9.32. The summed E-state index contributed by atoms with van der Waals surface area (Å²) >= 11 is 0. The Balaban J connectivity index is 1.75. The fraction of sp³-hybridized carbons (Fsp3) is 0.588. The number of rotatable bonds is 5. The minimum Gasteiger partial charge on any atom is -0.508 e. The highest BCUT2D eigenvalue weighted by Crippen LogP contribution is 2.37. The number of carbonyl (C=O) groups is 1. The molecule has 1 N–H and O–H groups in total. The van der Waals surface area contributed by atoms with Crippen molar-refractivity contribution in [1.82, 2.24) is 0 Å². The zero-order chi connectivity index (χ0) is 14.4. The number of carbonyl (C=O) groups excluding carboxylic acids is 1. The van der Waals surface area contributed by atoms with Crippen LogP contribution in [0.4, 0.5) is 0 Å². The maximum atomic E-state index is 11.4. The third-order valence-corrected chi connectivity index (χ3v) is 4.27. The highest BCUT2D eigenvalue weighted by atomic mass is 16.5. The first-order valence-corrected chi connectivity index (χ1v) is 7.63. The largest absolute Gasteiger partial charge is 0.508 e. The topological polar surface area (TPSA) is 46.5 Å². The van der Waals surface area contributed by atoms with Crippen molar-refractivity contribution in [2.75, 3.05) is 6.61 Å². The number of ether oxygens (including phenoxy) is 1. The maximum absolute atomic E-state index is 11.4. The van der Waals surface area contributed by atoms with Crippen LogP contribution in [0, 0.1) is 5.92 Å². The lowest BCUT2D eigenvalue weighted by Gasteiger charge is -2.28. The Kier molecular flexibility index (Phi) is 5.45. The van der Waals surface area contributed by atoms with Crippen molar-refractivity contribution >= 4 is 5.97 Å². The number of esters is 1. The first-order chi connectivity index (χ1) is 9.69. The molecule has 110 valence electrons. The molecule has 3 nitrogen and oxygen atoms in total. The lowest BCUT2D eigenvalue weighted by molar-refractivity contribution is -0.143. The number of phenols is 1. The van der Waals surface area contributed by atoms with Gasteiger partial charge in [-0.15, -0.1) is 0 Å². The van der Waals surface area contributed by atoms with Gasteiger partial charge in [-0.25, -0.2) is 0 Å². The van der Waals surface area contributed by atoms with E-state index in [0.717, 1.165) is 6.42 Å². The molecule has 0 aliphatic heterocycles. The van der Waals surface area contributed by atoms with E-state index in [9.17, 15) is 9.90 Å². The summed E-state index contributed by atoms with van der Waals surface area (Å²) in [4.78, 5) is 11.4. The second-order valence-corrected chi connectivity index (χ2v) is 5.65. The summed E-state index contributed by atoms with van der Waals surface area (Å²) in [6.45, 7) is 2.33. The highest BCUT2D eigenvalue weighted by molar-refractivity contribution is 5.69. The summed E-state index contributed by atoms with van der Waals surface area (Å²) in [5.74, 6) is 1.53. The minimum atomic E-state index is -0.0619. The van der Waals surface area contributed by atoms with Gasteiger partial charge in [0.15, 0.2) is 0 Å². The van der Waals surface area contributed by atoms with Crippen LogP contribution >= 0.6 is 0 Å². The van der Waals surface area contributed by atoms with Gasteiger partial charge in [-0.1, -0.05) is 12.1 Å². The lowest BCUT2D eigenvalue weighted by Crippen LogP contribution is -2.15. The normalized spacial score (nSPS) is 22.4. The van der Waals surface area contributed by atoms with Crippen molar-refractivity contribution in [3.63, 3.8) is 0 Å². The van der Waals surface area contributed by atoms with Gasteiger partial charge in [0, 0.05) is 6.42 Å². The van der Waals surface area contributed by atoms with Crippen molar-refractivity contribution in [3.8, 4) is 5.75 Å². The van der Waals surface area contributed by atoms with E-state index >= 15 is 0 Å². The van der Waals surface area contributed by atoms with Crippen molar-refractivity contribution < 1.29 is 14.6 Å². The summed E-state index contributed by atoms with van der Waals surface area (Å²) < 4.78 is 4.97. The second-order valence-electron chi connectivity index (χ2n) is 5.65. The predicted molar refractivity (Wildman–Crippen MR) is 78.7 cm³/mol. The van der Waals surface area contributed by atoms with Gasteiger partial charge in [0.2, 0.25) is 0 Å². The standard InChI is InChI=1S/C17H24O3/c1-2-20-17(19)12-5-13-3-6-14(7-4-13)15-8-10-16(18)11-9-15/h8-11,13-14,18H,2-7,12H2,1H3. The SMILES string of the molecule is CCOC(=O)CCC1CCC(c2ccc(O)cc2)CC1. The molecule has 0 radical (unpaired) electrons. The van der Waals surface area contributed by atoms with Gasteiger partial charge in [-0.05, 0) is 68.6 Å². The van der Waals surface area contributed by atoms with E-state index in [1.807, 2.05) is 19.1 Å². The van der Waals surface area contributed by atoms with E-state index in [2.05, 4.69) is 0 Å². The Morgan fingerprint density at radius 3 is 2.45 bits per heavy atom. The average Bonchev–Trinajstić information content (AvgIpc) is 2.47. The Labute approximate surface area is 121 Å². The third kappa shape index (κ3) is 4.26. The molecule has 2 rings (SSSR count). The first-order valence-electron chi connectivity index (χ1n) is 7.63. The van der Waals surface area contributed by atoms with E-state index < -0.39 is 0 Å². The van der Waals surface area contributed by atoms with Gasteiger partial charge in [0.05, 0.1) is 6.61 Å². The van der Waals surface area contributed by atoms with Gasteiger partial charge in [0.25, 0.3) is 0 Å². The van der Waals surface area contributed by atoms with Crippen molar-refractivity contribution in [1.29, 1.82) is 0 Å². The molecule has 1 aliphatic rings. The zero-order valence-corrected chi connectivity index (χ0v) is 12.2. The number of benzene rings is 1. The predicted octanol–water partition coefficient (Wildman–Crippen LogP) is 4.01. The first kappa shape index (κ1) is 14.9. The number of aromatic hydroxyl groups is 1. The fourth-order valence-corrected chi connectivity index (χ4v) is 3.09. The van der Waals surface area contributed by atoms with E-state index in [-0.39, 0.29) is 5.97 Å². The average molecular weight is 276 g/mol. The van der Waals surface area contributed by atoms with Crippen LogP contribution in [0.15, 0.2) is 24.3 Å². The molecule has 0 amide bonds. The van der Waals surface area contributed by atoms with Crippen LogP contribution in [0.1, 0.15) is 56.9 Å². The highest BCUT2D eigenvalue weighted by Gasteiger charge is 2.22. The molecule has 0 aromatic heterocycles. The molecular formula is C17H24O3. The van der Waals surface area contributed by atoms with Crippen LogP contribution < -0.4 is 0 Å². The van der Waals surface area contributed by atoms with Crippen LogP contribution in [-0.2, 0) is 9.53 Å². The minimum absolute atomic E-state index is 0.0619. The third-order valence-electron chi connectivity index (χ3n) is 4.27. The summed E-state index contributed by atoms with van der Waals surface area (Å²) in [6.07, 6.45) is 6.25. The van der Waals surface area contributed by atoms with Crippen LogP contribution in [-0.4, -0.2) is 17.7 Å². The van der Waals surface area contributed by atoms with E-state index in [1.165, 1.54) is 31.2 Å². The monoisotopic (exact) mass is 276 g/mol. The molecule has 1 fully saturated rings. The number of hydrogen-bond donors (Lipinski definition) is 1. The van der Waals surface area contributed by atoms with Gasteiger partial charge < -0.3 is 9.84 Å². The van der Waals surface area contributed by atoms with E-state index in [1.54, 1.807) is 12.1 Å². The molecule has 1 aliphatic carbocycles. The zero-order valence-electron chi connectivity index (χ0n) is 12.2. The number of phenolic OH excluding ortho intramolecular Hbond substituents is 1. The Hall–Kier alpha value is -1.51. The molecule has 3 heteroatoms. The van der Waals surface area contributed by atoms with Gasteiger partial charge >= 0.3 is 5.97 Å². The van der Waals surface area contributed by atoms with Gasteiger partial charge in [0.1, 0.15) is 5.75 Å². The Morgan fingerprint density at radius 2 is 1.85 bits per heavy atom. The van der Waals surface area contributed by atoms with E-state index in [4.69, 9.17) is 4.74 Å². The number of hydrogen-bond acceptors (Lipinski definition) is 3. The fourth-order valence-electron chi connectivity index (χ4n) is 3.09. The van der Waals surface area contributed by atoms with Crippen molar-refractivity contribution in [3.05, 3.63) is 29.8 Å². The molecule has 1 aromatic carbocycles.